The molecule has 0 aliphatic carbocycles. The van der Waals surface area contributed by atoms with Gasteiger partial charge in [-0.15, -0.1) is 0 Å². The van der Waals surface area contributed by atoms with E-state index in [9.17, 15) is 14.4 Å². The van der Waals surface area contributed by atoms with Gasteiger partial charge in [-0.3, -0.25) is 14.6 Å². The van der Waals surface area contributed by atoms with Crippen LogP contribution in [0.4, 0.5) is 0 Å². The zero-order chi connectivity index (χ0) is 20.5. The number of hydrogen-bond acceptors (Lipinski definition) is 5. The number of nitrogens with two attached hydrogens (primary N) is 2. The number of rotatable bonds is 11. The summed E-state index contributed by atoms with van der Waals surface area (Å²) in [5.74, 6) is -2.15. The largest absolute Gasteiger partial charge is 0.479 e. The molecule has 0 unspecified atom stereocenters. The lowest BCUT2D eigenvalue weighted by atomic mass is 10.0. The third-order valence-electron chi connectivity index (χ3n) is 4.09. The first kappa shape index (κ1) is 21.2. The number of carboxylic acids is 1. The SMILES string of the molecule is NC(N)=NCCCCNC(=O)[C@H](Cc1ccccc1)NC(=O)[C@H]1O[C@@H]1C(=O)O. The quantitative estimate of drug-likeness (QED) is 0.135. The lowest BCUT2D eigenvalue weighted by Crippen LogP contribution is -2.49. The highest BCUT2D eigenvalue weighted by Gasteiger charge is 2.51. The van der Waals surface area contributed by atoms with Gasteiger partial charge >= 0.3 is 5.97 Å². The summed E-state index contributed by atoms with van der Waals surface area (Å²) < 4.78 is 4.84. The van der Waals surface area contributed by atoms with Crippen LogP contribution in [0.2, 0.25) is 0 Å². The molecule has 28 heavy (non-hydrogen) atoms. The van der Waals surface area contributed by atoms with E-state index in [1.165, 1.54) is 0 Å². The van der Waals surface area contributed by atoms with Crippen molar-refractivity contribution in [1.82, 2.24) is 10.6 Å². The van der Waals surface area contributed by atoms with Gasteiger partial charge in [-0.05, 0) is 18.4 Å². The fourth-order valence-electron chi connectivity index (χ4n) is 2.59. The molecule has 2 amide bonds. The second-order valence-electron chi connectivity index (χ2n) is 6.37. The minimum atomic E-state index is -1.20. The highest BCUT2D eigenvalue weighted by molar-refractivity contribution is 5.95. The molecular formula is C18H25N5O5. The molecule has 0 saturated carbocycles. The standard InChI is InChI=1S/C18H25N5O5/c19-18(20)22-9-5-4-8-21-15(24)12(10-11-6-2-1-3-7-11)23-16(25)13-14(28-13)17(26)27/h1-3,6-7,12-14H,4-5,8-10H2,(H,21,24)(H,23,25)(H,26,27)(H4,19,20,22)/t12-,13-,14-/m0/s1. The van der Waals surface area contributed by atoms with E-state index < -0.39 is 30.1 Å². The molecule has 1 aromatic rings. The minimum absolute atomic E-state index is 0.0247. The van der Waals surface area contributed by atoms with Gasteiger partial charge in [0.25, 0.3) is 5.91 Å². The number of nitrogens with one attached hydrogen (secondary N) is 2. The number of guanidine groups is 1. The van der Waals surface area contributed by atoms with Crippen molar-refractivity contribution in [2.24, 2.45) is 16.5 Å². The number of epoxide rings is 1. The van der Waals surface area contributed by atoms with E-state index in [0.29, 0.717) is 25.9 Å². The zero-order valence-electron chi connectivity index (χ0n) is 15.3. The van der Waals surface area contributed by atoms with Crippen molar-refractivity contribution in [3.8, 4) is 0 Å². The fourth-order valence-corrected chi connectivity index (χ4v) is 2.59. The van der Waals surface area contributed by atoms with Gasteiger partial charge in [-0.1, -0.05) is 30.3 Å². The van der Waals surface area contributed by atoms with E-state index in [4.69, 9.17) is 21.3 Å². The highest BCUT2D eigenvalue weighted by atomic mass is 16.6. The third-order valence-corrected chi connectivity index (χ3v) is 4.09. The lowest BCUT2D eigenvalue weighted by molar-refractivity contribution is -0.138. The van der Waals surface area contributed by atoms with Gasteiger partial charge in [0.1, 0.15) is 6.04 Å². The van der Waals surface area contributed by atoms with Crippen LogP contribution in [-0.2, 0) is 25.5 Å². The molecule has 0 radical (unpaired) electrons. The van der Waals surface area contributed by atoms with Crippen molar-refractivity contribution in [3.05, 3.63) is 35.9 Å². The number of amides is 2. The maximum atomic E-state index is 12.5. The predicted molar refractivity (Wildman–Crippen MR) is 101 cm³/mol. The van der Waals surface area contributed by atoms with Gasteiger partial charge in [0.15, 0.2) is 18.2 Å². The van der Waals surface area contributed by atoms with E-state index in [1.807, 2.05) is 30.3 Å². The monoisotopic (exact) mass is 391 g/mol. The molecule has 1 saturated heterocycles. The smallest absolute Gasteiger partial charge is 0.336 e. The number of benzene rings is 1. The van der Waals surface area contributed by atoms with E-state index in [1.54, 1.807) is 0 Å². The Hall–Kier alpha value is -3.14. The Bertz CT molecular complexity index is 720. The molecule has 152 valence electrons. The molecule has 3 atom stereocenters. The Balaban J connectivity index is 1.88. The molecule has 7 N–H and O–H groups in total. The summed E-state index contributed by atoms with van der Waals surface area (Å²) in [7, 11) is 0. The van der Waals surface area contributed by atoms with Crippen LogP contribution < -0.4 is 22.1 Å². The van der Waals surface area contributed by atoms with Crippen molar-refractivity contribution in [3.63, 3.8) is 0 Å². The maximum Gasteiger partial charge on any atom is 0.336 e. The molecule has 1 aliphatic heterocycles. The van der Waals surface area contributed by atoms with Crippen LogP contribution in [0, 0.1) is 0 Å². The van der Waals surface area contributed by atoms with Crippen molar-refractivity contribution in [1.29, 1.82) is 0 Å². The van der Waals surface area contributed by atoms with Gasteiger partial charge in [0.05, 0.1) is 0 Å². The van der Waals surface area contributed by atoms with Crippen LogP contribution in [0.25, 0.3) is 0 Å². The molecule has 10 nitrogen and oxygen atoms in total. The van der Waals surface area contributed by atoms with Crippen molar-refractivity contribution in [2.75, 3.05) is 13.1 Å². The number of carboxylic acid groups (broad SMARTS) is 1. The molecule has 1 fully saturated rings. The first-order valence-corrected chi connectivity index (χ1v) is 8.94. The van der Waals surface area contributed by atoms with Crippen LogP contribution in [0.1, 0.15) is 18.4 Å². The first-order valence-electron chi connectivity index (χ1n) is 8.94. The van der Waals surface area contributed by atoms with Gasteiger partial charge in [-0.2, -0.15) is 0 Å². The van der Waals surface area contributed by atoms with Crippen molar-refractivity contribution >= 4 is 23.7 Å². The number of ether oxygens (including phenoxy) is 1. The molecular weight excluding hydrogens is 366 g/mol. The van der Waals surface area contributed by atoms with Crippen LogP contribution in [0.3, 0.4) is 0 Å². The lowest BCUT2D eigenvalue weighted by Gasteiger charge is -2.18. The van der Waals surface area contributed by atoms with E-state index >= 15 is 0 Å². The Kier molecular flexibility index (Phi) is 7.76. The number of nitrogens with zero attached hydrogens (tertiary/aromatic N) is 1. The summed E-state index contributed by atoms with van der Waals surface area (Å²) in [6, 6.07) is 8.36. The van der Waals surface area contributed by atoms with Crippen molar-refractivity contribution in [2.45, 2.75) is 37.5 Å². The molecule has 0 aromatic heterocycles. The summed E-state index contributed by atoms with van der Waals surface area (Å²) >= 11 is 0. The zero-order valence-corrected chi connectivity index (χ0v) is 15.3. The molecule has 0 spiro atoms. The molecule has 1 aromatic carbocycles. The van der Waals surface area contributed by atoms with Gasteiger partial charge in [0.2, 0.25) is 5.91 Å². The Morgan fingerprint density at radius 2 is 1.86 bits per heavy atom. The topological polar surface area (TPSA) is 172 Å². The second-order valence-corrected chi connectivity index (χ2v) is 6.37. The summed E-state index contributed by atoms with van der Waals surface area (Å²) in [4.78, 5) is 39.4. The van der Waals surface area contributed by atoms with Crippen LogP contribution >= 0.6 is 0 Å². The summed E-state index contributed by atoms with van der Waals surface area (Å²) in [5.41, 5.74) is 11.4. The van der Waals surface area contributed by atoms with Crippen LogP contribution in [0.5, 0.6) is 0 Å². The third kappa shape index (κ3) is 6.88. The van der Waals surface area contributed by atoms with Gasteiger partial charge < -0.3 is 31.9 Å². The van der Waals surface area contributed by atoms with E-state index in [0.717, 1.165) is 5.56 Å². The Labute approximate surface area is 162 Å². The van der Waals surface area contributed by atoms with Gasteiger partial charge in [-0.25, -0.2) is 4.79 Å². The number of aliphatic imine (C=N–C) groups is 1. The maximum absolute atomic E-state index is 12.5. The molecule has 1 heterocycles. The number of hydrogen-bond donors (Lipinski definition) is 5. The van der Waals surface area contributed by atoms with Gasteiger partial charge in [0, 0.05) is 19.5 Å². The molecule has 2 rings (SSSR count). The second kappa shape index (κ2) is 10.3. The highest BCUT2D eigenvalue weighted by Crippen LogP contribution is 2.22. The van der Waals surface area contributed by atoms with Crippen LogP contribution in [0.15, 0.2) is 35.3 Å². The Morgan fingerprint density at radius 1 is 1.14 bits per heavy atom. The minimum Gasteiger partial charge on any atom is -0.479 e. The fraction of sp³-hybridized carbons (Fsp3) is 0.444. The summed E-state index contributed by atoms with van der Waals surface area (Å²) in [6.45, 7) is 0.871. The molecule has 0 bridgehead atoms. The number of aliphatic carboxylic acids is 1. The Morgan fingerprint density at radius 3 is 2.46 bits per heavy atom. The normalized spacial score (nSPS) is 18.6. The average Bonchev–Trinajstić information content (AvgIpc) is 3.45. The number of carbonyl (C=O) groups excluding carboxylic acids is 2. The summed E-state index contributed by atoms with van der Waals surface area (Å²) in [5, 5.41) is 14.2. The average molecular weight is 391 g/mol. The van der Waals surface area contributed by atoms with Crippen LogP contribution in [-0.4, -0.2) is 60.2 Å². The number of unbranched alkanes of at least 4 members (excludes halogenated alkanes) is 1. The number of carbonyl (C=O) groups is 3. The van der Waals surface area contributed by atoms with Crippen molar-refractivity contribution < 1.29 is 24.2 Å². The molecule has 10 heteroatoms. The molecule has 1 aliphatic rings. The predicted octanol–water partition coefficient (Wildman–Crippen LogP) is -1.26. The summed E-state index contributed by atoms with van der Waals surface area (Å²) in [6.07, 6.45) is -0.582. The van der Waals surface area contributed by atoms with E-state index in [2.05, 4.69) is 15.6 Å². The van der Waals surface area contributed by atoms with E-state index in [-0.39, 0.29) is 18.3 Å². The first-order chi connectivity index (χ1) is 13.4.